The fraction of sp³-hybridized carbons (Fsp3) is 0.571. The van der Waals surface area contributed by atoms with E-state index in [0.717, 1.165) is 23.4 Å². The van der Waals surface area contributed by atoms with Crippen LogP contribution in [0, 0.1) is 0 Å². The largest absolute Gasteiger partial charge is 0.295 e. The maximum atomic E-state index is 10.9. The molecule has 9 heavy (non-hydrogen) atoms. The highest BCUT2D eigenvalue weighted by Gasteiger charge is 2.14. The van der Waals surface area contributed by atoms with Gasteiger partial charge in [0.1, 0.15) is 0 Å². The Morgan fingerprint density at radius 1 is 1.44 bits per heavy atom. The second-order valence-electron chi connectivity index (χ2n) is 2.31. The van der Waals surface area contributed by atoms with Crippen molar-refractivity contribution in [1.29, 1.82) is 0 Å². The Hall–Kier alpha value is -0.300. The molecule has 1 aliphatic carbocycles. The van der Waals surface area contributed by atoms with Gasteiger partial charge in [0.25, 0.3) is 0 Å². The van der Waals surface area contributed by atoms with Gasteiger partial charge in [0.05, 0.1) is 0 Å². The minimum absolute atomic E-state index is 0.214. The first-order chi connectivity index (χ1) is 4.22. The Kier molecular flexibility index (Phi) is 1.91. The molecule has 1 rings (SSSR count). The normalized spacial score (nSPS) is 20.9. The Morgan fingerprint density at radius 2 is 2.11 bits per heavy atom. The molecule has 0 unspecified atom stereocenters. The highest BCUT2D eigenvalue weighted by molar-refractivity contribution is 6.32. The maximum Gasteiger partial charge on any atom is 0.159 e. The topological polar surface area (TPSA) is 17.1 Å². The highest BCUT2D eigenvalue weighted by Crippen LogP contribution is 2.23. The molecular weight excluding hydrogens is 136 g/mol. The van der Waals surface area contributed by atoms with Crippen molar-refractivity contribution in [2.24, 2.45) is 0 Å². The average Bonchev–Trinajstić information content (AvgIpc) is 1.83. The zero-order valence-corrected chi connectivity index (χ0v) is 6.16. The second kappa shape index (κ2) is 2.53. The van der Waals surface area contributed by atoms with Crippen LogP contribution in [0.15, 0.2) is 10.6 Å². The first-order valence-electron chi connectivity index (χ1n) is 3.10. The van der Waals surface area contributed by atoms with E-state index in [1.54, 1.807) is 6.92 Å². The minimum Gasteiger partial charge on any atom is -0.295 e. The summed E-state index contributed by atoms with van der Waals surface area (Å²) in [4.78, 5) is 10.9. The first kappa shape index (κ1) is 6.81. The molecule has 0 radical (unpaired) electrons. The van der Waals surface area contributed by atoms with Gasteiger partial charge >= 0.3 is 0 Å². The number of carbonyl (C=O) groups excluding carboxylic acids is 1. The van der Waals surface area contributed by atoms with Crippen molar-refractivity contribution in [1.82, 2.24) is 0 Å². The number of allylic oxidation sites excluding steroid dienone is 2. The van der Waals surface area contributed by atoms with E-state index in [0.29, 0.717) is 6.42 Å². The molecule has 0 saturated carbocycles. The summed E-state index contributed by atoms with van der Waals surface area (Å²) < 4.78 is 0. The lowest BCUT2D eigenvalue weighted by atomic mass is 9.99. The van der Waals surface area contributed by atoms with Crippen molar-refractivity contribution >= 4 is 17.4 Å². The first-order valence-corrected chi connectivity index (χ1v) is 3.48. The quantitative estimate of drug-likeness (QED) is 0.510. The van der Waals surface area contributed by atoms with Crippen LogP contribution in [0.3, 0.4) is 0 Å². The predicted octanol–water partition coefficient (Wildman–Crippen LogP) is 2.25. The van der Waals surface area contributed by atoms with E-state index in [1.807, 2.05) is 0 Å². The zero-order chi connectivity index (χ0) is 6.85. The molecule has 0 amide bonds. The van der Waals surface area contributed by atoms with Crippen LogP contribution < -0.4 is 0 Å². The predicted molar refractivity (Wildman–Crippen MR) is 37.4 cm³/mol. The fourth-order valence-corrected chi connectivity index (χ4v) is 1.17. The fourth-order valence-electron chi connectivity index (χ4n) is 0.930. The van der Waals surface area contributed by atoms with Gasteiger partial charge in [0.2, 0.25) is 0 Å². The molecule has 0 aliphatic heterocycles. The molecule has 50 valence electrons. The van der Waals surface area contributed by atoms with Crippen LogP contribution >= 0.6 is 11.6 Å². The van der Waals surface area contributed by atoms with Gasteiger partial charge < -0.3 is 0 Å². The van der Waals surface area contributed by atoms with E-state index in [-0.39, 0.29) is 5.78 Å². The Morgan fingerprint density at radius 3 is 2.56 bits per heavy atom. The van der Waals surface area contributed by atoms with E-state index < -0.39 is 0 Å². The third kappa shape index (κ3) is 1.33. The van der Waals surface area contributed by atoms with Crippen molar-refractivity contribution in [2.45, 2.75) is 26.2 Å². The summed E-state index contributed by atoms with van der Waals surface area (Å²) in [7, 11) is 0. The molecule has 0 fully saturated rings. The van der Waals surface area contributed by atoms with Gasteiger partial charge in [-0.15, -0.1) is 0 Å². The smallest absolute Gasteiger partial charge is 0.159 e. The summed E-state index contributed by atoms with van der Waals surface area (Å²) in [5, 5.41) is 0.756. The van der Waals surface area contributed by atoms with Crippen LogP contribution in [0.5, 0.6) is 0 Å². The van der Waals surface area contributed by atoms with Crippen LogP contribution in [0.25, 0.3) is 0 Å². The molecule has 0 spiro atoms. The van der Waals surface area contributed by atoms with E-state index in [4.69, 9.17) is 11.6 Å². The average molecular weight is 145 g/mol. The number of rotatable bonds is 0. The Labute approximate surface area is 59.7 Å². The summed E-state index contributed by atoms with van der Waals surface area (Å²) in [5.74, 6) is 0.214. The summed E-state index contributed by atoms with van der Waals surface area (Å²) >= 11 is 5.72. The molecule has 0 aromatic rings. The number of Topliss-reactive ketones (excluding diaryl/α,β-unsaturated/α-hetero) is 1. The van der Waals surface area contributed by atoms with Gasteiger partial charge in [-0.05, 0) is 19.8 Å². The molecule has 1 aliphatic rings. The molecule has 0 aromatic heterocycles. The van der Waals surface area contributed by atoms with Crippen molar-refractivity contribution < 1.29 is 4.79 Å². The zero-order valence-electron chi connectivity index (χ0n) is 5.41. The molecule has 0 saturated heterocycles. The van der Waals surface area contributed by atoms with E-state index in [2.05, 4.69) is 0 Å². The van der Waals surface area contributed by atoms with E-state index in [9.17, 15) is 4.79 Å². The van der Waals surface area contributed by atoms with Gasteiger partial charge in [-0.1, -0.05) is 11.6 Å². The van der Waals surface area contributed by atoms with Gasteiger partial charge in [-0.3, -0.25) is 4.79 Å². The number of halogens is 1. The van der Waals surface area contributed by atoms with Crippen LogP contribution in [-0.2, 0) is 4.79 Å². The van der Waals surface area contributed by atoms with Crippen LogP contribution in [0.4, 0.5) is 0 Å². The Balaban J connectivity index is 2.84. The molecule has 0 atom stereocenters. The van der Waals surface area contributed by atoms with Gasteiger partial charge in [-0.25, -0.2) is 0 Å². The SMILES string of the molecule is CC1=C(Cl)CCCC1=O. The molecule has 1 nitrogen and oxygen atoms in total. The summed E-state index contributed by atoms with van der Waals surface area (Å²) in [6.45, 7) is 1.80. The lowest BCUT2D eigenvalue weighted by Crippen LogP contribution is -2.06. The maximum absolute atomic E-state index is 10.9. The van der Waals surface area contributed by atoms with Crippen molar-refractivity contribution in [2.75, 3.05) is 0 Å². The minimum atomic E-state index is 0.214. The van der Waals surface area contributed by atoms with Crippen molar-refractivity contribution in [3.05, 3.63) is 10.6 Å². The lowest BCUT2D eigenvalue weighted by Gasteiger charge is -2.09. The van der Waals surface area contributed by atoms with Crippen LogP contribution in [-0.4, -0.2) is 5.78 Å². The van der Waals surface area contributed by atoms with Crippen molar-refractivity contribution in [3.63, 3.8) is 0 Å². The van der Waals surface area contributed by atoms with Crippen LogP contribution in [0.1, 0.15) is 26.2 Å². The summed E-state index contributed by atoms with van der Waals surface area (Å²) in [6, 6.07) is 0. The van der Waals surface area contributed by atoms with Crippen LogP contribution in [0.2, 0.25) is 0 Å². The molecule has 0 N–H and O–H groups in total. The Bertz CT molecular complexity index is 170. The molecule has 2 heteroatoms. The van der Waals surface area contributed by atoms with Gasteiger partial charge in [0, 0.05) is 17.0 Å². The molecular formula is C7H9ClO. The number of hydrogen-bond acceptors (Lipinski definition) is 1. The standard InChI is InChI=1S/C7H9ClO/c1-5-6(8)3-2-4-7(5)9/h2-4H2,1H3. The summed E-state index contributed by atoms with van der Waals surface area (Å²) in [5.41, 5.74) is 0.767. The molecule has 0 heterocycles. The van der Waals surface area contributed by atoms with Crippen molar-refractivity contribution in [3.8, 4) is 0 Å². The second-order valence-corrected chi connectivity index (χ2v) is 2.76. The van der Waals surface area contributed by atoms with E-state index >= 15 is 0 Å². The number of ketones is 1. The number of carbonyl (C=O) groups is 1. The monoisotopic (exact) mass is 144 g/mol. The van der Waals surface area contributed by atoms with Gasteiger partial charge in [0.15, 0.2) is 5.78 Å². The molecule has 0 aromatic carbocycles. The lowest BCUT2D eigenvalue weighted by molar-refractivity contribution is -0.115. The molecule has 0 bridgehead atoms. The highest BCUT2D eigenvalue weighted by atomic mass is 35.5. The third-order valence-corrected chi connectivity index (χ3v) is 2.10. The van der Waals surface area contributed by atoms with Gasteiger partial charge in [-0.2, -0.15) is 0 Å². The third-order valence-electron chi connectivity index (χ3n) is 1.63. The number of hydrogen-bond donors (Lipinski definition) is 0. The summed E-state index contributed by atoms with van der Waals surface area (Å²) in [6.07, 6.45) is 2.50. The van der Waals surface area contributed by atoms with E-state index in [1.165, 1.54) is 0 Å².